The number of methoxy groups -OCH3 is 1. The number of carbonyl (C=O) groups is 3. The second-order valence-corrected chi connectivity index (χ2v) is 11.7. The second kappa shape index (κ2) is 9.78. The number of hydrogen-bond acceptors (Lipinski definition) is 6. The molecule has 10 heteroatoms. The Morgan fingerprint density at radius 1 is 1.25 bits per heavy atom. The van der Waals surface area contributed by atoms with E-state index in [-0.39, 0.29) is 35.4 Å². The molecule has 0 aliphatic heterocycles. The third-order valence-electron chi connectivity index (χ3n) is 7.64. The van der Waals surface area contributed by atoms with Crippen molar-refractivity contribution in [3.05, 3.63) is 17.8 Å². The Kier molecular flexibility index (Phi) is 7.07. The number of aromatic nitrogens is 2. The molecule has 0 radical (unpaired) electrons. The summed E-state index contributed by atoms with van der Waals surface area (Å²) in [5.74, 6) is 1.45. The van der Waals surface area contributed by atoms with Gasteiger partial charge >= 0.3 is 6.09 Å². The smallest absolute Gasteiger partial charge is 0.407 e. The second-order valence-electron chi connectivity index (χ2n) is 11.7. The minimum absolute atomic E-state index is 0.0631. The summed E-state index contributed by atoms with van der Waals surface area (Å²) < 4.78 is 12.4. The molecule has 198 valence electrons. The van der Waals surface area contributed by atoms with Gasteiger partial charge in [-0.3, -0.25) is 9.59 Å². The maximum absolute atomic E-state index is 13.5. The number of nitrogens with one attached hydrogen (secondary N) is 3. The summed E-state index contributed by atoms with van der Waals surface area (Å²) >= 11 is 0. The fourth-order valence-electron chi connectivity index (χ4n) is 6.43. The van der Waals surface area contributed by atoms with E-state index in [1.54, 1.807) is 10.9 Å². The molecule has 0 spiro atoms. The lowest BCUT2D eigenvalue weighted by Crippen LogP contribution is -2.55. The van der Waals surface area contributed by atoms with Crippen molar-refractivity contribution in [1.82, 2.24) is 25.7 Å². The van der Waals surface area contributed by atoms with E-state index in [9.17, 15) is 14.4 Å². The molecule has 3 N–H and O–H groups in total. The molecular weight excluding hydrogens is 462 g/mol. The van der Waals surface area contributed by atoms with Crippen LogP contribution < -0.4 is 20.7 Å². The maximum atomic E-state index is 13.5. The number of nitrogens with zero attached hydrogens (tertiary/aromatic N) is 2. The van der Waals surface area contributed by atoms with E-state index in [1.165, 1.54) is 20.2 Å². The third kappa shape index (κ3) is 5.37. The molecule has 0 saturated heterocycles. The van der Waals surface area contributed by atoms with Gasteiger partial charge in [0.25, 0.3) is 5.91 Å². The van der Waals surface area contributed by atoms with Crippen LogP contribution in [-0.2, 0) is 9.53 Å². The Bertz CT molecular complexity index is 1040. The number of rotatable bonds is 9. The molecule has 4 bridgehead atoms. The van der Waals surface area contributed by atoms with Crippen molar-refractivity contribution in [2.45, 2.75) is 77.4 Å². The van der Waals surface area contributed by atoms with Crippen LogP contribution in [0.1, 0.15) is 70.7 Å². The fraction of sp³-hybridized carbons (Fsp3) is 0.692. The van der Waals surface area contributed by atoms with Crippen molar-refractivity contribution >= 4 is 24.1 Å². The van der Waals surface area contributed by atoms with Crippen LogP contribution in [0.2, 0.25) is 0 Å². The topological polar surface area (TPSA) is 124 Å². The molecule has 4 fully saturated rings. The molecule has 5 rings (SSSR count). The van der Waals surface area contributed by atoms with E-state index >= 15 is 0 Å². The average Bonchev–Trinajstić information content (AvgIpc) is 3.37. The van der Waals surface area contributed by atoms with Crippen molar-refractivity contribution in [2.24, 2.45) is 23.7 Å². The first-order valence-corrected chi connectivity index (χ1v) is 12.8. The van der Waals surface area contributed by atoms with Crippen LogP contribution in [0.15, 0.2) is 12.3 Å². The van der Waals surface area contributed by atoms with Gasteiger partial charge in [-0.05, 0) is 69.3 Å². The molecule has 4 aliphatic rings. The summed E-state index contributed by atoms with van der Waals surface area (Å²) in [6.45, 7) is 9.75. The Hall–Kier alpha value is -3.04. The Morgan fingerprint density at radius 3 is 2.61 bits per heavy atom. The highest BCUT2D eigenvalue weighted by Crippen LogP contribution is 2.60. The maximum Gasteiger partial charge on any atom is 0.407 e. The lowest BCUT2D eigenvalue weighted by atomic mass is 9.73. The number of carbonyl (C=O) groups excluding carboxylic acids is 3. The highest BCUT2D eigenvalue weighted by Gasteiger charge is 2.61. The molecule has 4 saturated carbocycles. The van der Waals surface area contributed by atoms with Crippen molar-refractivity contribution < 1.29 is 23.9 Å². The molecule has 36 heavy (non-hydrogen) atoms. The zero-order valence-electron chi connectivity index (χ0n) is 22.1. The third-order valence-corrected chi connectivity index (χ3v) is 7.64. The largest absolute Gasteiger partial charge is 0.477 e. The summed E-state index contributed by atoms with van der Waals surface area (Å²) in [5, 5.41) is 13.6. The first kappa shape index (κ1) is 26.0. The molecular formula is C26H39N5O5. The van der Waals surface area contributed by atoms with Gasteiger partial charge in [0.2, 0.25) is 11.8 Å². The van der Waals surface area contributed by atoms with Gasteiger partial charge < -0.3 is 25.4 Å². The van der Waals surface area contributed by atoms with Gasteiger partial charge in [-0.25, -0.2) is 9.48 Å². The molecule has 4 aliphatic carbocycles. The fourth-order valence-corrected chi connectivity index (χ4v) is 6.43. The lowest BCUT2D eigenvalue weighted by Gasteiger charge is -2.41. The molecule has 1 aromatic rings. The molecule has 10 nitrogen and oxygen atoms in total. The van der Waals surface area contributed by atoms with Crippen molar-refractivity contribution in [2.75, 3.05) is 13.7 Å². The van der Waals surface area contributed by atoms with Gasteiger partial charge in [0, 0.05) is 24.7 Å². The van der Waals surface area contributed by atoms with Crippen LogP contribution in [0, 0.1) is 23.7 Å². The van der Waals surface area contributed by atoms with Gasteiger partial charge in [0.15, 0.2) is 0 Å². The van der Waals surface area contributed by atoms with E-state index in [0.29, 0.717) is 35.8 Å². The van der Waals surface area contributed by atoms with Crippen molar-refractivity contribution in [3.8, 4) is 5.88 Å². The summed E-state index contributed by atoms with van der Waals surface area (Å²) in [6.07, 6.45) is 8.37. The zero-order valence-corrected chi connectivity index (χ0v) is 22.1. The van der Waals surface area contributed by atoms with Gasteiger partial charge in [0.05, 0.1) is 25.5 Å². The Morgan fingerprint density at radius 2 is 1.97 bits per heavy atom. The minimum Gasteiger partial charge on any atom is -0.477 e. The molecule has 5 atom stereocenters. The van der Waals surface area contributed by atoms with Crippen LogP contribution >= 0.6 is 0 Å². The molecule has 1 heterocycles. The SMILES string of the molecule is COC(=O)NC12CC3CC(C1)[C@H](NC(=O)c1cnn(/C=C/C(C)(C)NC(C)=O)c1OCC(C)C)C3C2. The van der Waals surface area contributed by atoms with E-state index < -0.39 is 5.54 Å². The Balaban J connectivity index is 1.50. The number of hydrogen-bond donors (Lipinski definition) is 3. The molecule has 1 aromatic heterocycles. The molecule has 3 amide bonds. The first-order valence-electron chi connectivity index (χ1n) is 12.8. The van der Waals surface area contributed by atoms with Crippen LogP contribution in [0.5, 0.6) is 5.88 Å². The molecule has 0 aromatic carbocycles. The van der Waals surface area contributed by atoms with Gasteiger partial charge in [-0.15, -0.1) is 0 Å². The van der Waals surface area contributed by atoms with Crippen molar-refractivity contribution in [1.29, 1.82) is 0 Å². The number of alkyl carbamates (subject to hydrolysis) is 1. The van der Waals surface area contributed by atoms with Crippen LogP contribution in [0.3, 0.4) is 0 Å². The monoisotopic (exact) mass is 501 g/mol. The number of ether oxygens (including phenoxy) is 2. The van der Waals surface area contributed by atoms with E-state index in [4.69, 9.17) is 9.47 Å². The number of amides is 3. The first-order chi connectivity index (χ1) is 16.9. The van der Waals surface area contributed by atoms with Gasteiger partial charge in [-0.1, -0.05) is 13.8 Å². The highest BCUT2D eigenvalue weighted by molar-refractivity contribution is 5.96. The highest BCUT2D eigenvalue weighted by atomic mass is 16.5. The predicted octanol–water partition coefficient (Wildman–Crippen LogP) is 2.95. The van der Waals surface area contributed by atoms with Crippen LogP contribution in [0.25, 0.3) is 6.20 Å². The van der Waals surface area contributed by atoms with Gasteiger partial charge in [0.1, 0.15) is 5.56 Å². The normalized spacial score (nSPS) is 28.5. The summed E-state index contributed by atoms with van der Waals surface area (Å²) in [5.41, 5.74) is -0.419. The average molecular weight is 502 g/mol. The lowest BCUT2D eigenvalue weighted by molar-refractivity contribution is -0.120. The van der Waals surface area contributed by atoms with Crippen LogP contribution in [0.4, 0.5) is 4.79 Å². The summed E-state index contributed by atoms with van der Waals surface area (Å²) in [7, 11) is 1.39. The van der Waals surface area contributed by atoms with Crippen LogP contribution in [-0.4, -0.2) is 58.5 Å². The van der Waals surface area contributed by atoms with Crippen molar-refractivity contribution in [3.63, 3.8) is 0 Å². The van der Waals surface area contributed by atoms with E-state index in [0.717, 1.165) is 25.7 Å². The quantitative estimate of drug-likeness (QED) is 0.478. The summed E-state index contributed by atoms with van der Waals surface area (Å²) in [4.78, 5) is 36.9. The zero-order chi connectivity index (χ0) is 26.3. The van der Waals surface area contributed by atoms with E-state index in [2.05, 4.69) is 21.0 Å². The Labute approximate surface area is 212 Å². The molecule has 4 unspecified atom stereocenters. The van der Waals surface area contributed by atoms with Gasteiger partial charge in [-0.2, -0.15) is 5.10 Å². The van der Waals surface area contributed by atoms with E-state index in [1.807, 2.05) is 33.8 Å². The standard InChI is InChI=1S/C26H39N5O5/c1-15(2)14-36-23-20(13-27-31(23)8-7-25(4,5)29-16(3)32)22(33)28-21-18-9-17-10-26(11-18,12-19(17)21)30-24(34)35-6/h7-8,13,15,17-19,21H,9-12,14H2,1-6H3,(H,28,33)(H,29,32)(H,30,34)/b8-7+/t17?,18?,19?,21-,26?/m0/s1. The predicted molar refractivity (Wildman–Crippen MR) is 134 cm³/mol. The minimum atomic E-state index is -0.591. The summed E-state index contributed by atoms with van der Waals surface area (Å²) in [6, 6.07) is 0.0631.